The molecule has 1 saturated carbocycles. The zero-order valence-corrected chi connectivity index (χ0v) is 9.14. The van der Waals surface area contributed by atoms with Crippen LogP contribution < -0.4 is 5.73 Å². The zero-order valence-electron chi connectivity index (χ0n) is 9.14. The van der Waals surface area contributed by atoms with Crippen LogP contribution >= 0.6 is 0 Å². The van der Waals surface area contributed by atoms with E-state index in [1.54, 1.807) is 0 Å². The highest BCUT2D eigenvalue weighted by Crippen LogP contribution is 2.42. The van der Waals surface area contributed by atoms with Crippen molar-refractivity contribution in [1.29, 1.82) is 0 Å². The van der Waals surface area contributed by atoms with Gasteiger partial charge in [0.1, 0.15) is 6.10 Å². The molecule has 2 atom stereocenters. The summed E-state index contributed by atoms with van der Waals surface area (Å²) >= 11 is 0. The molecule has 5 nitrogen and oxygen atoms in total. The quantitative estimate of drug-likeness (QED) is 0.800. The molecule has 1 aromatic heterocycles. The van der Waals surface area contributed by atoms with Gasteiger partial charge in [0.15, 0.2) is 0 Å². The Morgan fingerprint density at radius 1 is 1.60 bits per heavy atom. The molecule has 2 N–H and O–H groups in total. The molecule has 0 bridgehead atoms. The molecular weight excluding hydrogens is 194 g/mol. The van der Waals surface area contributed by atoms with E-state index in [4.69, 9.17) is 15.0 Å². The summed E-state index contributed by atoms with van der Waals surface area (Å²) in [6.45, 7) is 4.47. The standard InChI is InChI=1S/C10H17N3O2/c1-3-14-8(7-4-5-7)9-12-10(6(2)11)15-13-9/h6-8H,3-5,11H2,1-2H3/t6-,8?/m0/s1. The van der Waals surface area contributed by atoms with Gasteiger partial charge in [-0.25, -0.2) is 0 Å². The molecule has 1 aromatic rings. The van der Waals surface area contributed by atoms with E-state index in [2.05, 4.69) is 10.1 Å². The van der Waals surface area contributed by atoms with Crippen LogP contribution in [0.4, 0.5) is 0 Å². The molecule has 1 aliphatic carbocycles. The predicted molar refractivity (Wildman–Crippen MR) is 54.0 cm³/mol. The average molecular weight is 211 g/mol. The molecule has 0 aliphatic heterocycles. The Morgan fingerprint density at radius 2 is 2.33 bits per heavy atom. The summed E-state index contributed by atoms with van der Waals surface area (Å²) in [6, 6.07) is -0.215. The number of nitrogens with two attached hydrogens (primary N) is 1. The summed E-state index contributed by atoms with van der Waals surface area (Å²) in [6.07, 6.45) is 2.37. The smallest absolute Gasteiger partial charge is 0.243 e. The molecule has 5 heteroatoms. The van der Waals surface area contributed by atoms with Crippen molar-refractivity contribution in [3.63, 3.8) is 0 Å². The van der Waals surface area contributed by atoms with Gasteiger partial charge in [-0.05, 0) is 32.6 Å². The molecule has 0 saturated heterocycles. The highest BCUT2D eigenvalue weighted by molar-refractivity contribution is 4.99. The van der Waals surface area contributed by atoms with Crippen molar-refractivity contribution in [2.75, 3.05) is 6.61 Å². The summed E-state index contributed by atoms with van der Waals surface area (Å²) in [5.74, 6) is 1.69. The minimum absolute atomic E-state index is 0.00810. The fourth-order valence-corrected chi connectivity index (χ4v) is 1.55. The van der Waals surface area contributed by atoms with Crippen LogP contribution in [-0.2, 0) is 4.74 Å². The van der Waals surface area contributed by atoms with Gasteiger partial charge in [-0.1, -0.05) is 5.16 Å². The Bertz CT molecular complexity index is 320. The van der Waals surface area contributed by atoms with Crippen LogP contribution in [0.15, 0.2) is 4.52 Å². The van der Waals surface area contributed by atoms with E-state index >= 15 is 0 Å². The van der Waals surface area contributed by atoms with E-state index in [-0.39, 0.29) is 12.1 Å². The topological polar surface area (TPSA) is 74.2 Å². The lowest BCUT2D eigenvalue weighted by Crippen LogP contribution is -2.10. The Labute approximate surface area is 89.0 Å². The SMILES string of the molecule is CCOC(c1noc([C@H](C)N)n1)C1CC1. The van der Waals surface area contributed by atoms with Crippen molar-refractivity contribution >= 4 is 0 Å². The number of ether oxygens (including phenoxy) is 1. The summed E-state index contributed by atoms with van der Waals surface area (Å²) < 4.78 is 10.7. The summed E-state index contributed by atoms with van der Waals surface area (Å²) in [5.41, 5.74) is 5.66. The first-order chi connectivity index (χ1) is 7.22. The van der Waals surface area contributed by atoms with Crippen molar-refractivity contribution in [3.05, 3.63) is 11.7 Å². The summed E-state index contributed by atoms with van der Waals surface area (Å²) in [7, 11) is 0. The lowest BCUT2D eigenvalue weighted by Gasteiger charge is -2.11. The molecule has 1 aliphatic rings. The van der Waals surface area contributed by atoms with Gasteiger partial charge in [-0.2, -0.15) is 4.98 Å². The van der Waals surface area contributed by atoms with Crippen molar-refractivity contribution < 1.29 is 9.26 Å². The Balaban J connectivity index is 2.10. The molecule has 0 aromatic carbocycles. The van der Waals surface area contributed by atoms with Gasteiger partial charge in [0.05, 0.1) is 6.04 Å². The maximum Gasteiger partial charge on any atom is 0.243 e. The number of hydrogen-bond donors (Lipinski definition) is 1. The second-order valence-corrected chi connectivity index (χ2v) is 3.99. The van der Waals surface area contributed by atoms with E-state index in [0.717, 1.165) is 0 Å². The highest BCUT2D eigenvalue weighted by atomic mass is 16.5. The van der Waals surface area contributed by atoms with Crippen LogP contribution in [0.2, 0.25) is 0 Å². The first-order valence-corrected chi connectivity index (χ1v) is 5.43. The number of nitrogens with zero attached hydrogens (tertiary/aromatic N) is 2. The molecule has 0 radical (unpaired) electrons. The molecule has 0 spiro atoms. The molecule has 0 amide bonds. The summed E-state index contributed by atoms with van der Waals surface area (Å²) in [5, 5.41) is 3.93. The largest absolute Gasteiger partial charge is 0.370 e. The van der Waals surface area contributed by atoms with Crippen LogP contribution in [-0.4, -0.2) is 16.7 Å². The monoisotopic (exact) mass is 211 g/mol. The van der Waals surface area contributed by atoms with E-state index in [0.29, 0.717) is 24.2 Å². The number of rotatable bonds is 5. The van der Waals surface area contributed by atoms with Crippen LogP contribution in [0.5, 0.6) is 0 Å². The average Bonchev–Trinajstić information content (AvgIpc) is 2.91. The van der Waals surface area contributed by atoms with Gasteiger partial charge < -0.3 is 15.0 Å². The Morgan fingerprint density at radius 3 is 2.80 bits per heavy atom. The van der Waals surface area contributed by atoms with Crippen LogP contribution in [0.3, 0.4) is 0 Å². The van der Waals surface area contributed by atoms with Gasteiger partial charge in [-0.15, -0.1) is 0 Å². The van der Waals surface area contributed by atoms with E-state index in [1.807, 2.05) is 13.8 Å². The molecule has 84 valence electrons. The maximum absolute atomic E-state index is 5.66. The predicted octanol–water partition coefficient (Wildman–Crippen LogP) is 1.58. The number of aromatic nitrogens is 2. The summed E-state index contributed by atoms with van der Waals surface area (Å²) in [4.78, 5) is 4.26. The van der Waals surface area contributed by atoms with E-state index < -0.39 is 0 Å². The highest BCUT2D eigenvalue weighted by Gasteiger charge is 2.36. The minimum atomic E-state index is -0.215. The maximum atomic E-state index is 5.66. The van der Waals surface area contributed by atoms with Gasteiger partial charge in [-0.3, -0.25) is 0 Å². The fraction of sp³-hybridized carbons (Fsp3) is 0.800. The van der Waals surface area contributed by atoms with E-state index in [9.17, 15) is 0 Å². The van der Waals surface area contributed by atoms with Crippen molar-refractivity contribution in [2.45, 2.75) is 38.8 Å². The van der Waals surface area contributed by atoms with Gasteiger partial charge in [0, 0.05) is 6.61 Å². The first-order valence-electron chi connectivity index (χ1n) is 5.43. The van der Waals surface area contributed by atoms with Crippen molar-refractivity contribution in [3.8, 4) is 0 Å². The molecule has 15 heavy (non-hydrogen) atoms. The number of hydrogen-bond acceptors (Lipinski definition) is 5. The second-order valence-electron chi connectivity index (χ2n) is 3.99. The Kier molecular flexibility index (Phi) is 3.02. The molecular formula is C10H17N3O2. The third kappa shape index (κ3) is 2.35. The molecule has 1 fully saturated rings. The molecule has 2 rings (SSSR count). The first kappa shape index (κ1) is 10.6. The van der Waals surface area contributed by atoms with Crippen LogP contribution in [0.25, 0.3) is 0 Å². The van der Waals surface area contributed by atoms with Crippen molar-refractivity contribution in [1.82, 2.24) is 10.1 Å². The van der Waals surface area contributed by atoms with Gasteiger partial charge >= 0.3 is 0 Å². The lowest BCUT2D eigenvalue weighted by atomic mass is 10.2. The lowest BCUT2D eigenvalue weighted by molar-refractivity contribution is 0.0384. The van der Waals surface area contributed by atoms with Gasteiger partial charge in [0.25, 0.3) is 0 Å². The minimum Gasteiger partial charge on any atom is -0.370 e. The fourth-order valence-electron chi connectivity index (χ4n) is 1.55. The van der Waals surface area contributed by atoms with Crippen LogP contribution in [0.1, 0.15) is 50.6 Å². The van der Waals surface area contributed by atoms with Gasteiger partial charge in [0.2, 0.25) is 11.7 Å². The Hall–Kier alpha value is -0.940. The van der Waals surface area contributed by atoms with Crippen molar-refractivity contribution in [2.24, 2.45) is 11.7 Å². The normalized spacial score (nSPS) is 20.2. The zero-order chi connectivity index (χ0) is 10.8. The third-order valence-corrected chi connectivity index (χ3v) is 2.50. The third-order valence-electron chi connectivity index (χ3n) is 2.50. The molecule has 1 unspecified atom stereocenters. The van der Waals surface area contributed by atoms with Crippen LogP contribution in [0, 0.1) is 5.92 Å². The molecule has 1 heterocycles. The van der Waals surface area contributed by atoms with E-state index in [1.165, 1.54) is 12.8 Å². The second kappa shape index (κ2) is 4.28.